The number of sulfone groups is 1. The van der Waals surface area contributed by atoms with Crippen LogP contribution >= 0.6 is 15.9 Å². The molecule has 0 aromatic heterocycles. The van der Waals surface area contributed by atoms with E-state index in [0.717, 1.165) is 6.26 Å². The van der Waals surface area contributed by atoms with E-state index < -0.39 is 27.7 Å². The summed E-state index contributed by atoms with van der Waals surface area (Å²) < 4.78 is 24.4. The topological polar surface area (TPSA) is 101 Å². The van der Waals surface area contributed by atoms with Crippen LogP contribution in [-0.4, -0.2) is 43.3 Å². The molecule has 1 atom stereocenters. The lowest BCUT2D eigenvalue weighted by Crippen LogP contribution is -2.52. The highest BCUT2D eigenvalue weighted by Gasteiger charge is 2.40. The Morgan fingerprint density at radius 1 is 1.26 bits per heavy atom. The number of fused-ring (bicyclic) bond motifs is 1. The van der Waals surface area contributed by atoms with Gasteiger partial charge < -0.3 is 4.90 Å². The third-order valence-electron chi connectivity index (χ3n) is 3.98. The van der Waals surface area contributed by atoms with Crippen molar-refractivity contribution in [1.82, 2.24) is 10.2 Å². The van der Waals surface area contributed by atoms with Gasteiger partial charge in [-0.15, -0.1) is 0 Å². The van der Waals surface area contributed by atoms with E-state index in [1.54, 1.807) is 6.07 Å². The van der Waals surface area contributed by atoms with Crippen LogP contribution in [-0.2, 0) is 26.0 Å². The summed E-state index contributed by atoms with van der Waals surface area (Å²) in [5.74, 6) is -1.29. The van der Waals surface area contributed by atoms with Crippen molar-refractivity contribution in [3.63, 3.8) is 0 Å². The Bertz CT molecular complexity index is 849. The first-order valence-corrected chi connectivity index (χ1v) is 9.54. The Morgan fingerprint density at radius 3 is 2.57 bits per heavy atom. The fourth-order valence-corrected chi connectivity index (χ4v) is 4.50. The molecular formula is C14H13BrN2O5S. The first-order valence-electron chi connectivity index (χ1n) is 6.85. The number of rotatable bonds is 2. The molecule has 1 unspecified atom stereocenters. The third kappa shape index (κ3) is 2.78. The second-order valence-corrected chi connectivity index (χ2v) is 8.50. The monoisotopic (exact) mass is 400 g/mol. The van der Waals surface area contributed by atoms with Gasteiger partial charge in [-0.25, -0.2) is 8.42 Å². The normalized spacial score (nSPS) is 21.4. The molecule has 2 aliphatic rings. The smallest absolute Gasteiger partial charge is 0.255 e. The maximum Gasteiger partial charge on any atom is 0.255 e. The average Bonchev–Trinajstić information content (AvgIpc) is 2.74. The molecule has 2 aliphatic heterocycles. The summed E-state index contributed by atoms with van der Waals surface area (Å²) in [6.45, 7) is 0.0378. The van der Waals surface area contributed by atoms with E-state index >= 15 is 0 Å². The number of piperidine rings is 1. The molecule has 23 heavy (non-hydrogen) atoms. The minimum atomic E-state index is -3.51. The minimum Gasteiger partial charge on any atom is -0.322 e. The first kappa shape index (κ1) is 16.1. The van der Waals surface area contributed by atoms with E-state index in [1.807, 2.05) is 0 Å². The van der Waals surface area contributed by atoms with Crippen LogP contribution in [0.25, 0.3) is 0 Å². The lowest BCUT2D eigenvalue weighted by atomic mass is 10.0. The highest BCUT2D eigenvalue weighted by atomic mass is 79.9. The van der Waals surface area contributed by atoms with Gasteiger partial charge in [-0.1, -0.05) is 15.9 Å². The minimum absolute atomic E-state index is 0.0378. The molecule has 0 aliphatic carbocycles. The molecule has 0 spiro atoms. The number of imide groups is 1. The zero-order chi connectivity index (χ0) is 16.9. The van der Waals surface area contributed by atoms with Gasteiger partial charge in [0, 0.05) is 34.8 Å². The lowest BCUT2D eigenvalue weighted by Gasteiger charge is -2.29. The maximum absolute atomic E-state index is 12.6. The molecule has 0 bridgehead atoms. The van der Waals surface area contributed by atoms with Crippen molar-refractivity contribution >= 4 is 43.5 Å². The van der Waals surface area contributed by atoms with Gasteiger partial charge in [0.2, 0.25) is 11.8 Å². The van der Waals surface area contributed by atoms with E-state index in [1.165, 1.54) is 11.0 Å². The summed E-state index contributed by atoms with van der Waals surface area (Å²) in [5, 5.41) is 2.21. The molecule has 2 heterocycles. The second-order valence-electron chi connectivity index (χ2n) is 5.60. The Balaban J connectivity index is 2.03. The predicted octanol–water partition coefficient (Wildman–Crippen LogP) is 0.614. The van der Waals surface area contributed by atoms with Gasteiger partial charge in [0.15, 0.2) is 9.84 Å². The molecule has 1 saturated heterocycles. The van der Waals surface area contributed by atoms with E-state index in [9.17, 15) is 22.8 Å². The van der Waals surface area contributed by atoms with E-state index in [4.69, 9.17) is 0 Å². The van der Waals surface area contributed by atoms with Crippen LogP contribution in [0.1, 0.15) is 28.8 Å². The molecule has 1 aromatic carbocycles. The van der Waals surface area contributed by atoms with Gasteiger partial charge in [-0.2, -0.15) is 0 Å². The Labute approximate surface area is 141 Å². The van der Waals surface area contributed by atoms with E-state index in [0.29, 0.717) is 10.0 Å². The van der Waals surface area contributed by atoms with Crippen LogP contribution in [0.2, 0.25) is 0 Å². The Kier molecular flexibility index (Phi) is 3.80. The first-order chi connectivity index (χ1) is 10.7. The van der Waals surface area contributed by atoms with Gasteiger partial charge >= 0.3 is 0 Å². The predicted molar refractivity (Wildman–Crippen MR) is 83.3 cm³/mol. The molecule has 7 nitrogen and oxygen atoms in total. The number of nitrogens with zero attached hydrogens (tertiary/aromatic N) is 1. The summed E-state index contributed by atoms with van der Waals surface area (Å²) in [6.07, 6.45) is 1.47. The lowest BCUT2D eigenvalue weighted by molar-refractivity contribution is -0.136. The number of carbonyl (C=O) groups excluding carboxylic acids is 3. The molecule has 1 fully saturated rings. The van der Waals surface area contributed by atoms with E-state index in [-0.39, 0.29) is 35.8 Å². The largest absolute Gasteiger partial charge is 0.322 e. The molecule has 1 aromatic rings. The standard InChI is InChI=1S/C14H13BrN2O5S/c1-23(21,22)11-5-7(15)4-8-9(11)6-17(14(8)20)10-2-3-12(18)16-13(10)19/h4-5,10H,2-3,6H2,1H3,(H,16,18,19). The van der Waals surface area contributed by atoms with Gasteiger partial charge in [0.1, 0.15) is 6.04 Å². The maximum atomic E-state index is 12.6. The van der Waals surface area contributed by atoms with Crippen LogP contribution in [0.3, 0.4) is 0 Å². The highest BCUT2D eigenvalue weighted by molar-refractivity contribution is 9.10. The highest BCUT2D eigenvalue weighted by Crippen LogP contribution is 2.34. The number of hydrogen-bond donors (Lipinski definition) is 1. The van der Waals surface area contributed by atoms with Gasteiger partial charge in [0.05, 0.1) is 4.90 Å². The van der Waals surface area contributed by atoms with Crippen LogP contribution in [0.15, 0.2) is 21.5 Å². The fourth-order valence-electron chi connectivity index (χ4n) is 2.92. The number of halogens is 1. The third-order valence-corrected chi connectivity index (χ3v) is 5.60. The molecule has 0 saturated carbocycles. The van der Waals surface area contributed by atoms with Gasteiger partial charge in [0.25, 0.3) is 5.91 Å². The zero-order valence-electron chi connectivity index (χ0n) is 12.1. The van der Waals surface area contributed by atoms with Gasteiger partial charge in [-0.05, 0) is 18.6 Å². The van der Waals surface area contributed by atoms with Crippen LogP contribution in [0.5, 0.6) is 0 Å². The van der Waals surface area contributed by atoms with Gasteiger partial charge in [-0.3, -0.25) is 19.7 Å². The number of amides is 3. The molecule has 9 heteroatoms. The summed E-state index contributed by atoms with van der Waals surface area (Å²) in [4.78, 5) is 37.2. The summed E-state index contributed by atoms with van der Waals surface area (Å²) in [5.41, 5.74) is 0.662. The van der Waals surface area contributed by atoms with Crippen molar-refractivity contribution in [2.24, 2.45) is 0 Å². The number of nitrogens with one attached hydrogen (secondary N) is 1. The number of hydrogen-bond acceptors (Lipinski definition) is 5. The molecule has 122 valence electrons. The molecule has 0 radical (unpaired) electrons. The molecule has 3 amide bonds. The zero-order valence-corrected chi connectivity index (χ0v) is 14.5. The van der Waals surface area contributed by atoms with Crippen LogP contribution in [0.4, 0.5) is 0 Å². The molecular weight excluding hydrogens is 388 g/mol. The van der Waals surface area contributed by atoms with Crippen molar-refractivity contribution in [3.05, 3.63) is 27.7 Å². The van der Waals surface area contributed by atoms with Crippen LogP contribution < -0.4 is 5.32 Å². The Hall–Kier alpha value is -1.74. The van der Waals surface area contributed by atoms with Crippen molar-refractivity contribution in [1.29, 1.82) is 0 Å². The van der Waals surface area contributed by atoms with Crippen molar-refractivity contribution < 1.29 is 22.8 Å². The quantitative estimate of drug-likeness (QED) is 0.733. The number of carbonyl (C=O) groups is 3. The fraction of sp³-hybridized carbons (Fsp3) is 0.357. The SMILES string of the molecule is CS(=O)(=O)c1cc(Br)cc2c1CN(C1CCC(=O)NC1=O)C2=O. The average molecular weight is 401 g/mol. The summed E-state index contributed by atoms with van der Waals surface area (Å²) in [7, 11) is -3.51. The van der Waals surface area contributed by atoms with Crippen molar-refractivity contribution in [2.45, 2.75) is 30.3 Å². The van der Waals surface area contributed by atoms with Crippen LogP contribution in [0, 0.1) is 0 Å². The summed E-state index contributed by atoms with van der Waals surface area (Å²) in [6, 6.07) is 2.24. The Morgan fingerprint density at radius 2 is 1.96 bits per heavy atom. The number of benzene rings is 1. The molecule has 3 rings (SSSR count). The van der Waals surface area contributed by atoms with E-state index in [2.05, 4.69) is 21.2 Å². The van der Waals surface area contributed by atoms with Crippen molar-refractivity contribution in [2.75, 3.05) is 6.26 Å². The summed E-state index contributed by atoms with van der Waals surface area (Å²) >= 11 is 3.21. The second kappa shape index (κ2) is 5.41. The molecule has 1 N–H and O–H groups in total. The van der Waals surface area contributed by atoms with Crippen molar-refractivity contribution in [3.8, 4) is 0 Å².